The first kappa shape index (κ1) is 16.1. The van der Waals surface area contributed by atoms with Crippen LogP contribution in [0.3, 0.4) is 0 Å². The molecule has 0 atom stereocenters. The van der Waals surface area contributed by atoms with E-state index in [0.29, 0.717) is 0 Å². The van der Waals surface area contributed by atoms with Crippen molar-refractivity contribution >= 4 is 0 Å². The first-order valence-corrected chi connectivity index (χ1v) is 8.41. The van der Waals surface area contributed by atoms with Crippen molar-refractivity contribution in [2.45, 2.75) is 19.4 Å². The number of rotatable bonds is 7. The Hall–Kier alpha value is -2.80. The molecule has 0 saturated carbocycles. The average Bonchev–Trinajstić information content (AvgIpc) is 2.66. The molecule has 3 aromatic rings. The zero-order chi connectivity index (χ0) is 16.6. The molecule has 120 valence electrons. The Labute approximate surface area is 144 Å². The van der Waals surface area contributed by atoms with Crippen LogP contribution in [0.5, 0.6) is 0 Å². The lowest BCUT2D eigenvalue weighted by Gasteiger charge is -2.07. The Balaban J connectivity index is 1.62. The summed E-state index contributed by atoms with van der Waals surface area (Å²) in [4.78, 5) is 0. The highest BCUT2D eigenvalue weighted by molar-refractivity contribution is 5.63. The summed E-state index contributed by atoms with van der Waals surface area (Å²) in [7, 11) is 0. The minimum Gasteiger partial charge on any atom is -0.387 e. The number of hydrogen-bond acceptors (Lipinski definition) is 1. The molecule has 3 aromatic carbocycles. The Bertz CT molecular complexity index is 773. The lowest BCUT2D eigenvalue weighted by Crippen LogP contribution is -2.04. The molecule has 1 heteroatoms. The summed E-state index contributed by atoms with van der Waals surface area (Å²) in [5.41, 5.74) is 6.60. The maximum Gasteiger partial charge on any atom is 0.0395 e. The smallest absolute Gasteiger partial charge is 0.0395 e. The second-order valence-corrected chi connectivity index (χ2v) is 5.97. The summed E-state index contributed by atoms with van der Waals surface area (Å²) in [6.45, 7) is 4.53. The van der Waals surface area contributed by atoms with Crippen LogP contribution in [0.4, 0.5) is 0 Å². The molecule has 0 aliphatic rings. The van der Waals surface area contributed by atoms with Gasteiger partial charge in [0, 0.05) is 6.54 Å². The molecule has 0 radical (unpaired) electrons. The van der Waals surface area contributed by atoms with Crippen molar-refractivity contribution in [1.82, 2.24) is 5.32 Å². The fourth-order valence-electron chi connectivity index (χ4n) is 2.87. The number of hydrogen-bond donors (Lipinski definition) is 1. The Morgan fingerprint density at radius 3 is 2.08 bits per heavy atom. The molecule has 0 amide bonds. The predicted octanol–water partition coefficient (Wildman–Crippen LogP) is 5.37. The summed E-state index contributed by atoms with van der Waals surface area (Å²) >= 11 is 0. The lowest BCUT2D eigenvalue weighted by molar-refractivity contribution is 0.865. The molecule has 0 aromatic heterocycles. The van der Waals surface area contributed by atoms with Gasteiger partial charge in [-0.1, -0.05) is 85.4 Å². The third-order valence-corrected chi connectivity index (χ3v) is 4.21. The topological polar surface area (TPSA) is 12.0 Å². The highest BCUT2D eigenvalue weighted by atomic mass is 14.8. The van der Waals surface area contributed by atoms with Gasteiger partial charge in [-0.15, -0.1) is 0 Å². The molecule has 0 heterocycles. The summed E-state index contributed by atoms with van der Waals surface area (Å²) in [6.07, 6.45) is 3.86. The van der Waals surface area contributed by atoms with E-state index in [4.69, 9.17) is 0 Å². The number of benzene rings is 3. The van der Waals surface area contributed by atoms with Crippen molar-refractivity contribution in [3.63, 3.8) is 0 Å². The molecule has 24 heavy (non-hydrogen) atoms. The fourth-order valence-corrected chi connectivity index (χ4v) is 2.87. The van der Waals surface area contributed by atoms with Gasteiger partial charge in [0.05, 0.1) is 0 Å². The van der Waals surface area contributed by atoms with Crippen LogP contribution in [-0.4, -0.2) is 0 Å². The summed E-state index contributed by atoms with van der Waals surface area (Å²) in [5, 5.41) is 3.15. The second kappa shape index (κ2) is 8.16. The highest BCUT2D eigenvalue weighted by Crippen LogP contribution is 2.20. The molecule has 3 rings (SSSR count). The van der Waals surface area contributed by atoms with Crippen LogP contribution in [0.2, 0.25) is 0 Å². The van der Waals surface area contributed by atoms with E-state index in [2.05, 4.69) is 90.8 Å². The van der Waals surface area contributed by atoms with E-state index in [-0.39, 0.29) is 0 Å². The molecule has 0 bridgehead atoms. The zero-order valence-corrected chi connectivity index (χ0v) is 13.9. The third-order valence-electron chi connectivity index (χ3n) is 4.21. The van der Waals surface area contributed by atoms with Gasteiger partial charge in [-0.25, -0.2) is 0 Å². The Morgan fingerprint density at radius 2 is 1.33 bits per heavy atom. The quantitative estimate of drug-likeness (QED) is 0.618. The van der Waals surface area contributed by atoms with E-state index in [1.54, 1.807) is 6.20 Å². The van der Waals surface area contributed by atoms with E-state index in [1.807, 2.05) is 0 Å². The molecule has 1 N–H and O–H groups in total. The van der Waals surface area contributed by atoms with Crippen LogP contribution in [0, 0.1) is 0 Å². The second-order valence-electron chi connectivity index (χ2n) is 5.97. The normalized spacial score (nSPS) is 10.3. The van der Waals surface area contributed by atoms with Gasteiger partial charge >= 0.3 is 0 Å². The van der Waals surface area contributed by atoms with Crippen molar-refractivity contribution in [3.8, 4) is 11.1 Å². The highest BCUT2D eigenvalue weighted by Gasteiger charge is 2.00. The van der Waals surface area contributed by atoms with Crippen molar-refractivity contribution in [1.29, 1.82) is 0 Å². The summed E-state index contributed by atoms with van der Waals surface area (Å²) in [6, 6.07) is 28.2. The zero-order valence-electron chi connectivity index (χ0n) is 13.9. The first-order valence-electron chi connectivity index (χ1n) is 8.41. The fraction of sp³-hybridized carbons (Fsp3) is 0.130. The van der Waals surface area contributed by atoms with Crippen LogP contribution in [0.1, 0.15) is 16.7 Å². The van der Waals surface area contributed by atoms with Gasteiger partial charge in [0.1, 0.15) is 0 Å². The minimum atomic E-state index is 0.836. The van der Waals surface area contributed by atoms with Gasteiger partial charge in [-0.05, 0) is 46.9 Å². The largest absolute Gasteiger partial charge is 0.387 e. The van der Waals surface area contributed by atoms with E-state index in [0.717, 1.165) is 19.4 Å². The molecule has 0 aliphatic carbocycles. The third kappa shape index (κ3) is 4.36. The van der Waals surface area contributed by atoms with Gasteiger partial charge in [-0.3, -0.25) is 0 Å². The van der Waals surface area contributed by atoms with Gasteiger partial charge in [0.25, 0.3) is 0 Å². The predicted molar refractivity (Wildman–Crippen MR) is 103 cm³/mol. The molecule has 0 saturated heterocycles. The molecule has 0 aliphatic heterocycles. The van der Waals surface area contributed by atoms with Crippen LogP contribution in [0.25, 0.3) is 11.1 Å². The Kier molecular flexibility index (Phi) is 5.47. The Morgan fingerprint density at radius 1 is 0.667 bits per heavy atom. The number of nitrogens with one attached hydrogen (secondary N) is 1. The van der Waals surface area contributed by atoms with E-state index in [1.165, 1.54) is 27.8 Å². The van der Waals surface area contributed by atoms with Crippen LogP contribution in [-0.2, 0) is 19.4 Å². The van der Waals surface area contributed by atoms with Gasteiger partial charge < -0.3 is 5.32 Å². The first-order chi connectivity index (χ1) is 11.8. The molecule has 0 spiro atoms. The standard InChI is InChI=1S/C23H23N/c1-2-24-18-21-8-6-7-20(17-21)12-11-19-13-15-23(16-14-19)22-9-4-3-5-10-22/h2-10,13-17,24H,1,11-12,18H2. The van der Waals surface area contributed by atoms with Gasteiger partial charge in [-0.2, -0.15) is 0 Å². The van der Waals surface area contributed by atoms with Crippen molar-refractivity contribution in [2.75, 3.05) is 0 Å². The van der Waals surface area contributed by atoms with Crippen LogP contribution < -0.4 is 5.32 Å². The summed E-state index contributed by atoms with van der Waals surface area (Å²) in [5.74, 6) is 0. The molecule has 0 fully saturated rings. The number of aryl methyl sites for hydroxylation is 2. The monoisotopic (exact) mass is 313 g/mol. The minimum absolute atomic E-state index is 0.836. The van der Waals surface area contributed by atoms with Crippen LogP contribution in [0.15, 0.2) is 91.6 Å². The van der Waals surface area contributed by atoms with Crippen molar-refractivity contribution in [3.05, 3.63) is 108 Å². The summed E-state index contributed by atoms with van der Waals surface area (Å²) < 4.78 is 0. The molecule has 0 unspecified atom stereocenters. The van der Waals surface area contributed by atoms with Crippen molar-refractivity contribution in [2.24, 2.45) is 0 Å². The average molecular weight is 313 g/mol. The molecular weight excluding hydrogens is 290 g/mol. The van der Waals surface area contributed by atoms with E-state index >= 15 is 0 Å². The van der Waals surface area contributed by atoms with Gasteiger partial charge in [0.15, 0.2) is 0 Å². The van der Waals surface area contributed by atoms with Gasteiger partial charge in [0.2, 0.25) is 0 Å². The SMILES string of the molecule is C=CNCc1cccc(CCc2ccc(-c3ccccc3)cc2)c1. The lowest BCUT2D eigenvalue weighted by atomic mass is 9.99. The van der Waals surface area contributed by atoms with E-state index in [9.17, 15) is 0 Å². The van der Waals surface area contributed by atoms with Crippen LogP contribution >= 0.6 is 0 Å². The maximum atomic E-state index is 3.69. The van der Waals surface area contributed by atoms with E-state index < -0.39 is 0 Å². The maximum absolute atomic E-state index is 3.69. The molecular formula is C23H23N. The molecule has 1 nitrogen and oxygen atoms in total. The van der Waals surface area contributed by atoms with Crippen molar-refractivity contribution < 1.29 is 0 Å².